The number of ketones is 1. The highest BCUT2D eigenvalue weighted by Gasteiger charge is 2.58. The fourth-order valence-corrected chi connectivity index (χ4v) is 4.80. The summed E-state index contributed by atoms with van der Waals surface area (Å²) in [5.41, 5.74) is -1.86. The molecule has 0 saturated heterocycles. The van der Waals surface area contributed by atoms with Crippen molar-refractivity contribution in [3.63, 3.8) is 0 Å². The molecule has 0 spiro atoms. The molecule has 0 aromatic rings. The number of hydrogen-bond donors (Lipinski definition) is 2. The lowest BCUT2D eigenvalue weighted by Crippen LogP contribution is -2.52. The van der Waals surface area contributed by atoms with E-state index >= 15 is 0 Å². The Balaban J connectivity index is 2.67. The maximum atomic E-state index is 12.8. The number of hydrogen-bond acceptors (Lipinski definition) is 7. The summed E-state index contributed by atoms with van der Waals surface area (Å²) in [5, 5.41) is 22.7. The highest BCUT2D eigenvalue weighted by molar-refractivity contribution is 5.86. The van der Waals surface area contributed by atoms with Crippen LogP contribution in [0, 0.1) is 23.2 Å². The van der Waals surface area contributed by atoms with Crippen LogP contribution in [0.15, 0.2) is 23.8 Å². The maximum Gasteiger partial charge on any atom is 0.305 e. The summed E-state index contributed by atoms with van der Waals surface area (Å²) in [6.45, 7) is 11.9. The van der Waals surface area contributed by atoms with Crippen molar-refractivity contribution in [1.29, 1.82) is 0 Å². The summed E-state index contributed by atoms with van der Waals surface area (Å²) in [6, 6.07) is 0. The van der Waals surface area contributed by atoms with Gasteiger partial charge in [-0.25, -0.2) is 0 Å². The SMILES string of the molecule is CCC(=O)O[C@H]1[C@H](C)C[C@@]2(O)[C@H]1/C=C(\C)[C@H](O)CC(=O)C(C)(C)/C=C/[C@@H](C)[C@@H]2OC(C)=O. The van der Waals surface area contributed by atoms with Crippen LogP contribution in [-0.2, 0) is 23.9 Å². The van der Waals surface area contributed by atoms with Crippen LogP contribution < -0.4 is 0 Å². The third-order valence-electron chi connectivity index (χ3n) is 6.84. The van der Waals surface area contributed by atoms with Gasteiger partial charge in [-0.1, -0.05) is 39.0 Å². The molecule has 0 bridgehead atoms. The Labute approximate surface area is 190 Å². The van der Waals surface area contributed by atoms with E-state index in [4.69, 9.17) is 9.47 Å². The number of ether oxygens (including phenoxy) is 2. The molecule has 7 atom stereocenters. The molecule has 32 heavy (non-hydrogen) atoms. The lowest BCUT2D eigenvalue weighted by atomic mass is 9.75. The lowest BCUT2D eigenvalue weighted by molar-refractivity contribution is -0.176. The van der Waals surface area contributed by atoms with Crippen molar-refractivity contribution >= 4 is 17.7 Å². The molecule has 2 aliphatic carbocycles. The highest BCUT2D eigenvalue weighted by Crippen LogP contribution is 2.48. The zero-order valence-electron chi connectivity index (χ0n) is 20.3. The second-order valence-electron chi connectivity index (χ2n) is 10.0. The molecule has 0 aromatic heterocycles. The summed E-state index contributed by atoms with van der Waals surface area (Å²) >= 11 is 0. The second kappa shape index (κ2) is 9.87. The Bertz CT molecular complexity index is 796. The van der Waals surface area contributed by atoms with Gasteiger partial charge in [0.1, 0.15) is 23.6 Å². The first-order valence-corrected chi connectivity index (χ1v) is 11.4. The average molecular weight is 451 g/mol. The highest BCUT2D eigenvalue weighted by atomic mass is 16.6. The van der Waals surface area contributed by atoms with Gasteiger partial charge >= 0.3 is 11.9 Å². The number of allylic oxidation sites excluding steroid dienone is 1. The number of Topliss-reactive ketones (excluding diaryl/α,β-unsaturated/α-hetero) is 1. The van der Waals surface area contributed by atoms with Gasteiger partial charge in [-0.2, -0.15) is 0 Å². The van der Waals surface area contributed by atoms with Gasteiger partial charge in [0, 0.05) is 37.0 Å². The normalized spacial score (nSPS) is 40.2. The van der Waals surface area contributed by atoms with E-state index in [9.17, 15) is 24.6 Å². The van der Waals surface area contributed by atoms with Crippen LogP contribution in [0.4, 0.5) is 0 Å². The topological polar surface area (TPSA) is 110 Å². The number of aliphatic hydroxyl groups excluding tert-OH is 1. The van der Waals surface area contributed by atoms with Gasteiger partial charge in [0.15, 0.2) is 0 Å². The molecular formula is C25H38O7. The number of carbonyl (C=O) groups is 3. The Kier molecular flexibility index (Phi) is 8.10. The van der Waals surface area contributed by atoms with Crippen molar-refractivity contribution in [2.45, 2.75) is 91.6 Å². The molecule has 7 heteroatoms. The Hall–Kier alpha value is -1.99. The zero-order valence-corrected chi connectivity index (χ0v) is 20.3. The van der Waals surface area contributed by atoms with Crippen molar-refractivity contribution in [2.75, 3.05) is 0 Å². The third kappa shape index (κ3) is 5.49. The fourth-order valence-electron chi connectivity index (χ4n) is 4.80. The van der Waals surface area contributed by atoms with E-state index in [1.807, 2.05) is 13.8 Å². The monoisotopic (exact) mass is 450 g/mol. The number of aliphatic hydroxyl groups is 2. The van der Waals surface area contributed by atoms with Crippen molar-refractivity contribution in [1.82, 2.24) is 0 Å². The molecular weight excluding hydrogens is 412 g/mol. The molecule has 2 N–H and O–H groups in total. The van der Waals surface area contributed by atoms with Gasteiger partial charge < -0.3 is 19.7 Å². The van der Waals surface area contributed by atoms with E-state index in [2.05, 4.69) is 0 Å². The van der Waals surface area contributed by atoms with Gasteiger partial charge in [0.25, 0.3) is 0 Å². The molecule has 7 nitrogen and oxygen atoms in total. The number of rotatable bonds is 3. The summed E-state index contributed by atoms with van der Waals surface area (Å²) in [4.78, 5) is 37.0. The van der Waals surface area contributed by atoms with Crippen LogP contribution in [0.3, 0.4) is 0 Å². The molecule has 0 aliphatic heterocycles. The van der Waals surface area contributed by atoms with Gasteiger partial charge in [-0.15, -0.1) is 0 Å². The molecule has 2 rings (SSSR count). The molecule has 0 unspecified atom stereocenters. The number of carbonyl (C=O) groups excluding carboxylic acids is 3. The van der Waals surface area contributed by atoms with Crippen molar-refractivity contribution in [2.24, 2.45) is 23.2 Å². The fraction of sp³-hybridized carbons (Fsp3) is 0.720. The Morgan fingerprint density at radius 1 is 1.22 bits per heavy atom. The van der Waals surface area contributed by atoms with Crippen LogP contribution >= 0.6 is 0 Å². The van der Waals surface area contributed by atoms with Crippen LogP contribution in [-0.4, -0.2) is 51.8 Å². The van der Waals surface area contributed by atoms with E-state index in [0.717, 1.165) is 0 Å². The van der Waals surface area contributed by atoms with E-state index in [1.165, 1.54) is 6.92 Å². The summed E-state index contributed by atoms with van der Waals surface area (Å²) in [7, 11) is 0. The first-order valence-electron chi connectivity index (χ1n) is 11.4. The first kappa shape index (κ1) is 26.3. The predicted octanol–water partition coefficient (Wildman–Crippen LogP) is 3.13. The Morgan fingerprint density at radius 3 is 2.41 bits per heavy atom. The third-order valence-corrected chi connectivity index (χ3v) is 6.84. The van der Waals surface area contributed by atoms with Gasteiger partial charge in [0.05, 0.1) is 6.10 Å². The number of fused-ring (bicyclic) bond motifs is 1. The minimum absolute atomic E-state index is 0.0679. The van der Waals surface area contributed by atoms with Gasteiger partial charge in [-0.05, 0) is 38.7 Å². The van der Waals surface area contributed by atoms with Crippen LogP contribution in [0.1, 0.15) is 67.7 Å². The average Bonchev–Trinajstić information content (AvgIpc) is 2.93. The minimum Gasteiger partial charge on any atom is -0.461 e. The van der Waals surface area contributed by atoms with E-state index in [1.54, 1.807) is 45.9 Å². The zero-order chi connectivity index (χ0) is 24.4. The van der Waals surface area contributed by atoms with Crippen molar-refractivity contribution in [3.8, 4) is 0 Å². The molecule has 0 aromatic carbocycles. The standard InChI is InChI=1S/C25H38O7/c1-8-21(29)32-22-16(4)13-25(30)18(22)11-15(3)19(27)12-20(28)24(6,7)10-9-14(2)23(25)31-17(5)26/h9-11,14,16,18-19,22-23,27,30H,8,12-13H2,1-7H3/b10-9+,15-11+/t14-,16-,18+,19-,22+,23+,25-/m1/s1. The Morgan fingerprint density at radius 2 is 1.84 bits per heavy atom. The molecule has 0 heterocycles. The van der Waals surface area contributed by atoms with Crippen molar-refractivity contribution < 1.29 is 34.1 Å². The van der Waals surface area contributed by atoms with Crippen LogP contribution in [0.25, 0.3) is 0 Å². The summed E-state index contributed by atoms with van der Waals surface area (Å²) in [6.07, 6.45) is 2.96. The molecule has 1 saturated carbocycles. The molecule has 0 amide bonds. The predicted molar refractivity (Wildman–Crippen MR) is 119 cm³/mol. The molecule has 1 fully saturated rings. The smallest absolute Gasteiger partial charge is 0.305 e. The second-order valence-corrected chi connectivity index (χ2v) is 10.0. The maximum absolute atomic E-state index is 12.8. The largest absolute Gasteiger partial charge is 0.461 e. The lowest BCUT2D eigenvalue weighted by Gasteiger charge is -2.40. The van der Waals surface area contributed by atoms with E-state index in [0.29, 0.717) is 5.57 Å². The van der Waals surface area contributed by atoms with Crippen LogP contribution in [0.2, 0.25) is 0 Å². The minimum atomic E-state index is -1.53. The van der Waals surface area contributed by atoms with Gasteiger partial charge in [0.2, 0.25) is 0 Å². The van der Waals surface area contributed by atoms with E-state index < -0.39 is 53.1 Å². The molecule has 2 aliphatic rings. The first-order chi connectivity index (χ1) is 14.7. The quantitative estimate of drug-likeness (QED) is 0.502. The molecule has 0 radical (unpaired) electrons. The summed E-state index contributed by atoms with van der Waals surface area (Å²) < 4.78 is 11.4. The van der Waals surface area contributed by atoms with Crippen LogP contribution in [0.5, 0.6) is 0 Å². The van der Waals surface area contributed by atoms with E-state index in [-0.39, 0.29) is 31.0 Å². The number of esters is 2. The summed E-state index contributed by atoms with van der Waals surface area (Å²) in [5.74, 6) is -2.39. The molecule has 180 valence electrons. The van der Waals surface area contributed by atoms with Crippen molar-refractivity contribution in [3.05, 3.63) is 23.8 Å². The van der Waals surface area contributed by atoms with Gasteiger partial charge in [-0.3, -0.25) is 14.4 Å².